The lowest BCUT2D eigenvalue weighted by molar-refractivity contribution is -0.00000357. The Morgan fingerprint density at radius 3 is 1.12 bits per heavy atom. The van der Waals surface area contributed by atoms with Gasteiger partial charge in [-0.15, -0.1) is 0 Å². The lowest BCUT2D eigenvalue weighted by Crippen LogP contribution is -3.00. The average molecular weight is 358 g/mol. The molecule has 2 heteroatoms. The Kier molecular flexibility index (Phi) is 15.4. The quantitative estimate of drug-likeness (QED) is 0.416. The zero-order valence-electron chi connectivity index (χ0n) is 11.9. The van der Waals surface area contributed by atoms with Crippen molar-refractivity contribution >= 4 is 7.26 Å². The summed E-state index contributed by atoms with van der Waals surface area (Å²) in [4.78, 5) is 0. The Hall–Kier alpha value is 1.16. The summed E-state index contributed by atoms with van der Waals surface area (Å²) in [6, 6.07) is 0. The fourth-order valence-electron chi connectivity index (χ4n) is 2.29. The van der Waals surface area contributed by atoms with Crippen molar-refractivity contribution in [2.24, 2.45) is 0 Å². The van der Waals surface area contributed by atoms with Crippen LogP contribution in [0.2, 0.25) is 0 Å². The van der Waals surface area contributed by atoms with E-state index in [2.05, 4.69) is 27.7 Å². The largest absolute Gasteiger partial charge is 1.00 e. The smallest absolute Gasteiger partial charge is 0.0594 e. The summed E-state index contributed by atoms with van der Waals surface area (Å²) < 4.78 is 0. The molecule has 0 fully saturated rings. The first-order valence-corrected chi connectivity index (χ1v) is 9.62. The molecule has 0 atom stereocenters. The monoisotopic (exact) mass is 358 g/mol. The van der Waals surface area contributed by atoms with E-state index in [-0.39, 0.29) is 24.0 Å². The van der Waals surface area contributed by atoms with Gasteiger partial charge in [0.2, 0.25) is 0 Å². The van der Waals surface area contributed by atoms with E-state index in [1.54, 1.807) is 18.5 Å². The minimum absolute atomic E-state index is 0. The summed E-state index contributed by atoms with van der Waals surface area (Å²) in [7, 11) is -0.527. The normalized spacial score (nSPS) is 11.2. The Bertz CT molecular complexity index is 115. The third kappa shape index (κ3) is 8.28. The molecule has 0 aromatic heterocycles. The molecule has 0 aliphatic heterocycles. The highest BCUT2D eigenvalue weighted by molar-refractivity contribution is 7.75. The molecule has 0 spiro atoms. The van der Waals surface area contributed by atoms with Crippen LogP contribution in [0.25, 0.3) is 0 Å². The molecule has 100 valence electrons. The van der Waals surface area contributed by atoms with Gasteiger partial charge in [0.1, 0.15) is 0 Å². The van der Waals surface area contributed by atoms with Crippen LogP contribution in [0.3, 0.4) is 0 Å². The second-order valence-corrected chi connectivity index (χ2v) is 9.55. The Morgan fingerprint density at radius 1 is 0.625 bits per heavy atom. The highest BCUT2D eigenvalue weighted by atomic mass is 127. The van der Waals surface area contributed by atoms with Gasteiger partial charge >= 0.3 is 0 Å². The van der Waals surface area contributed by atoms with Crippen molar-refractivity contribution in [2.75, 3.05) is 24.6 Å². The molecule has 0 aliphatic rings. The van der Waals surface area contributed by atoms with E-state index in [9.17, 15) is 0 Å². The van der Waals surface area contributed by atoms with Crippen molar-refractivity contribution in [3.8, 4) is 0 Å². The first-order chi connectivity index (χ1) is 7.24. The number of unbranched alkanes of at least 4 members (excludes halogenated alkanes) is 3. The van der Waals surface area contributed by atoms with E-state index in [0.717, 1.165) is 0 Å². The zero-order valence-corrected chi connectivity index (χ0v) is 14.9. The maximum atomic E-state index is 2.45. The van der Waals surface area contributed by atoms with Crippen LogP contribution in [0.5, 0.6) is 0 Å². The van der Waals surface area contributed by atoms with Gasteiger partial charge in [-0.3, -0.25) is 0 Å². The highest BCUT2D eigenvalue weighted by Crippen LogP contribution is 2.60. The van der Waals surface area contributed by atoms with Crippen LogP contribution in [0.1, 0.15) is 66.2 Å². The maximum absolute atomic E-state index is 2.45. The third-order valence-electron chi connectivity index (χ3n) is 3.63. The number of halogens is 1. The highest BCUT2D eigenvalue weighted by Gasteiger charge is 2.32. The lowest BCUT2D eigenvalue weighted by Gasteiger charge is -2.26. The Labute approximate surface area is 122 Å². The van der Waals surface area contributed by atoms with Gasteiger partial charge in [0.05, 0.1) is 24.6 Å². The van der Waals surface area contributed by atoms with Crippen LogP contribution in [0.15, 0.2) is 0 Å². The van der Waals surface area contributed by atoms with E-state index < -0.39 is 7.26 Å². The molecule has 0 aromatic carbocycles. The Morgan fingerprint density at radius 2 is 0.938 bits per heavy atom. The average Bonchev–Trinajstić information content (AvgIpc) is 2.29. The molecule has 0 bridgehead atoms. The third-order valence-corrected chi connectivity index (χ3v) is 8.77. The van der Waals surface area contributed by atoms with Crippen LogP contribution in [0, 0.1) is 0 Å². The molecular formula is C14H32IP. The van der Waals surface area contributed by atoms with E-state index >= 15 is 0 Å². The van der Waals surface area contributed by atoms with Gasteiger partial charge in [-0.2, -0.15) is 0 Å². The predicted molar refractivity (Wildman–Crippen MR) is 76.8 cm³/mol. The second-order valence-electron chi connectivity index (χ2n) is 4.89. The second kappa shape index (κ2) is 12.6. The molecule has 0 saturated carbocycles. The van der Waals surface area contributed by atoms with E-state index in [0.29, 0.717) is 0 Å². The van der Waals surface area contributed by atoms with E-state index in [4.69, 9.17) is 0 Å². The number of hydrogen-bond acceptors (Lipinski definition) is 0. The molecule has 0 unspecified atom stereocenters. The van der Waals surface area contributed by atoms with E-state index in [1.807, 2.05) is 0 Å². The first kappa shape index (κ1) is 19.5. The zero-order chi connectivity index (χ0) is 11.6. The van der Waals surface area contributed by atoms with Crippen molar-refractivity contribution in [2.45, 2.75) is 66.2 Å². The number of rotatable bonds is 10. The molecule has 0 radical (unpaired) electrons. The van der Waals surface area contributed by atoms with Crippen molar-refractivity contribution in [3.63, 3.8) is 0 Å². The summed E-state index contributed by atoms with van der Waals surface area (Å²) >= 11 is 0. The first-order valence-electron chi connectivity index (χ1n) is 7.09. The van der Waals surface area contributed by atoms with Gasteiger partial charge in [-0.25, -0.2) is 0 Å². The maximum Gasteiger partial charge on any atom is 0.0594 e. The molecule has 0 amide bonds. The summed E-state index contributed by atoms with van der Waals surface area (Å²) in [5.41, 5.74) is 0. The molecule has 0 nitrogen and oxygen atoms in total. The molecule has 0 aromatic rings. The van der Waals surface area contributed by atoms with Crippen LogP contribution < -0.4 is 24.0 Å². The molecule has 16 heavy (non-hydrogen) atoms. The summed E-state index contributed by atoms with van der Waals surface area (Å²) in [6.45, 7) is 9.46. The summed E-state index contributed by atoms with van der Waals surface area (Å²) in [6.07, 6.45) is 14.9. The SMILES string of the molecule is CCCC[P+](CC)(CCCC)CCCC.[I-]. The van der Waals surface area contributed by atoms with Crippen LogP contribution in [-0.2, 0) is 0 Å². The lowest BCUT2D eigenvalue weighted by atomic mass is 10.4. The number of hydrogen-bond donors (Lipinski definition) is 0. The summed E-state index contributed by atoms with van der Waals surface area (Å²) in [5.74, 6) is 0. The van der Waals surface area contributed by atoms with Crippen molar-refractivity contribution in [1.29, 1.82) is 0 Å². The van der Waals surface area contributed by atoms with Gasteiger partial charge in [0, 0.05) is 7.26 Å². The Balaban J connectivity index is 0. The fraction of sp³-hybridized carbons (Fsp3) is 1.00. The van der Waals surface area contributed by atoms with Crippen molar-refractivity contribution in [3.05, 3.63) is 0 Å². The van der Waals surface area contributed by atoms with E-state index in [1.165, 1.54) is 44.7 Å². The van der Waals surface area contributed by atoms with Gasteiger partial charge in [0.25, 0.3) is 0 Å². The van der Waals surface area contributed by atoms with Crippen molar-refractivity contribution in [1.82, 2.24) is 0 Å². The fourth-order valence-corrected chi connectivity index (χ4v) is 6.87. The molecule has 0 aliphatic carbocycles. The van der Waals surface area contributed by atoms with Crippen molar-refractivity contribution < 1.29 is 24.0 Å². The molecule has 0 rings (SSSR count). The molecule has 0 heterocycles. The van der Waals surface area contributed by atoms with Crippen LogP contribution in [0.4, 0.5) is 0 Å². The topological polar surface area (TPSA) is 0 Å². The summed E-state index contributed by atoms with van der Waals surface area (Å²) in [5, 5.41) is 0. The molecule has 0 saturated heterocycles. The van der Waals surface area contributed by atoms with Gasteiger partial charge < -0.3 is 24.0 Å². The molecular weight excluding hydrogens is 326 g/mol. The standard InChI is InChI=1S/C14H32P.HI/c1-5-9-12-15(8-4,13-10-6-2)14-11-7-3;/h5-14H2,1-4H3;1H/q+1;/p-1. The van der Waals surface area contributed by atoms with Gasteiger partial charge in [-0.05, 0) is 26.2 Å². The van der Waals surface area contributed by atoms with Gasteiger partial charge in [0.15, 0.2) is 0 Å². The van der Waals surface area contributed by atoms with Crippen LogP contribution >= 0.6 is 7.26 Å². The predicted octanol–water partition coefficient (Wildman–Crippen LogP) is 2.43. The molecule has 0 N–H and O–H groups in total. The van der Waals surface area contributed by atoms with Gasteiger partial charge in [-0.1, -0.05) is 40.0 Å². The van der Waals surface area contributed by atoms with Crippen LogP contribution in [-0.4, -0.2) is 24.6 Å². The minimum atomic E-state index is -0.527. The minimum Gasteiger partial charge on any atom is -1.00 e.